The second-order valence-electron chi connectivity index (χ2n) is 3.83. The van der Waals surface area contributed by atoms with Crippen molar-refractivity contribution >= 4 is 42.5 Å². The number of carbonyl (C=O) groups is 1. The summed E-state index contributed by atoms with van der Waals surface area (Å²) in [6.07, 6.45) is 0. The molecular formula is C12H11BClN3O. The third-order valence-electron chi connectivity index (χ3n) is 2.50. The molecule has 0 spiro atoms. The maximum Gasteiger partial charge on any atom is 0.258 e. The molecule has 0 atom stereocenters. The van der Waals surface area contributed by atoms with Crippen LogP contribution in [0.25, 0.3) is 0 Å². The molecule has 0 aliphatic heterocycles. The average molecular weight is 260 g/mol. The highest BCUT2D eigenvalue weighted by Crippen LogP contribution is 2.16. The summed E-state index contributed by atoms with van der Waals surface area (Å²) in [5, 5.41) is 3.05. The Morgan fingerprint density at radius 2 is 2.00 bits per heavy atom. The van der Waals surface area contributed by atoms with Crippen LogP contribution in [0.2, 0.25) is 5.02 Å². The molecule has 18 heavy (non-hydrogen) atoms. The standard InChI is InChI=1S/C12H11BClN3O/c13-8-5-6-10(16-11(8)15)17-12(18)7-3-1-2-4-9(7)14/h1-6H,13H2,(H3,15,16,17,18). The van der Waals surface area contributed by atoms with E-state index in [-0.39, 0.29) is 5.91 Å². The van der Waals surface area contributed by atoms with Crippen molar-refractivity contribution in [2.75, 3.05) is 11.1 Å². The number of nitrogen functional groups attached to an aromatic ring is 1. The lowest BCUT2D eigenvalue weighted by Gasteiger charge is -2.07. The number of nitrogens with two attached hydrogens (primary N) is 1. The molecule has 1 heterocycles. The molecule has 1 aromatic heterocycles. The van der Waals surface area contributed by atoms with Gasteiger partial charge in [0.2, 0.25) is 0 Å². The zero-order valence-corrected chi connectivity index (χ0v) is 10.5. The third-order valence-corrected chi connectivity index (χ3v) is 2.83. The summed E-state index contributed by atoms with van der Waals surface area (Å²) in [5.74, 6) is 0.492. The number of benzene rings is 1. The minimum absolute atomic E-state index is 0.309. The van der Waals surface area contributed by atoms with Crippen molar-refractivity contribution < 1.29 is 4.79 Å². The van der Waals surface area contributed by atoms with Crippen LogP contribution in [-0.4, -0.2) is 18.7 Å². The number of hydrogen-bond donors (Lipinski definition) is 2. The molecule has 3 N–H and O–H groups in total. The van der Waals surface area contributed by atoms with E-state index < -0.39 is 0 Å². The van der Waals surface area contributed by atoms with E-state index in [1.165, 1.54) is 0 Å². The van der Waals surface area contributed by atoms with Gasteiger partial charge in [-0.05, 0) is 23.7 Å². The minimum Gasteiger partial charge on any atom is -0.384 e. The van der Waals surface area contributed by atoms with Crippen molar-refractivity contribution in [3.63, 3.8) is 0 Å². The number of nitrogens with one attached hydrogen (secondary N) is 1. The predicted molar refractivity (Wildman–Crippen MR) is 76.2 cm³/mol. The van der Waals surface area contributed by atoms with Gasteiger partial charge in [0, 0.05) is 0 Å². The maximum absolute atomic E-state index is 12.0. The molecule has 0 aliphatic rings. The summed E-state index contributed by atoms with van der Waals surface area (Å²) >= 11 is 5.94. The van der Waals surface area contributed by atoms with Crippen LogP contribution in [-0.2, 0) is 0 Å². The Morgan fingerprint density at radius 3 is 2.67 bits per heavy atom. The second kappa shape index (κ2) is 5.10. The van der Waals surface area contributed by atoms with Crippen LogP contribution in [0.4, 0.5) is 11.6 Å². The minimum atomic E-state index is -0.309. The van der Waals surface area contributed by atoms with Crippen molar-refractivity contribution in [3.8, 4) is 0 Å². The van der Waals surface area contributed by atoms with E-state index >= 15 is 0 Å². The summed E-state index contributed by atoms with van der Waals surface area (Å²) in [4.78, 5) is 16.0. The van der Waals surface area contributed by atoms with Gasteiger partial charge in [0.15, 0.2) is 0 Å². The fraction of sp³-hybridized carbons (Fsp3) is 0. The van der Waals surface area contributed by atoms with Crippen LogP contribution in [0.1, 0.15) is 10.4 Å². The summed E-state index contributed by atoms with van der Waals surface area (Å²) in [5.41, 5.74) is 6.95. The van der Waals surface area contributed by atoms with E-state index in [0.717, 1.165) is 5.46 Å². The highest BCUT2D eigenvalue weighted by Gasteiger charge is 2.10. The van der Waals surface area contributed by atoms with E-state index in [1.54, 1.807) is 36.4 Å². The Balaban J connectivity index is 2.22. The molecule has 0 unspecified atom stereocenters. The van der Waals surface area contributed by atoms with Crippen LogP contribution < -0.4 is 16.5 Å². The monoisotopic (exact) mass is 259 g/mol. The molecular weight excluding hydrogens is 248 g/mol. The Bertz CT molecular complexity index is 604. The highest BCUT2D eigenvalue weighted by atomic mass is 35.5. The summed E-state index contributed by atoms with van der Waals surface area (Å²) in [6, 6.07) is 10.3. The predicted octanol–water partition coefficient (Wildman–Crippen LogP) is 0.828. The van der Waals surface area contributed by atoms with Gasteiger partial charge in [0.25, 0.3) is 5.91 Å². The van der Waals surface area contributed by atoms with E-state index in [0.29, 0.717) is 22.2 Å². The molecule has 6 heteroatoms. The van der Waals surface area contributed by atoms with Gasteiger partial charge in [-0.15, -0.1) is 0 Å². The topological polar surface area (TPSA) is 68.0 Å². The fourth-order valence-electron chi connectivity index (χ4n) is 1.44. The molecule has 0 aliphatic carbocycles. The molecule has 0 saturated carbocycles. The molecule has 4 nitrogen and oxygen atoms in total. The largest absolute Gasteiger partial charge is 0.384 e. The lowest BCUT2D eigenvalue weighted by Crippen LogP contribution is -2.17. The number of aromatic nitrogens is 1. The maximum atomic E-state index is 12.0. The Morgan fingerprint density at radius 1 is 1.28 bits per heavy atom. The van der Waals surface area contributed by atoms with Crippen molar-refractivity contribution in [1.29, 1.82) is 0 Å². The summed E-state index contributed by atoms with van der Waals surface area (Å²) in [7, 11) is 1.85. The van der Waals surface area contributed by atoms with Crippen molar-refractivity contribution in [1.82, 2.24) is 4.98 Å². The Labute approximate surface area is 111 Å². The fourth-order valence-corrected chi connectivity index (χ4v) is 1.66. The number of halogens is 1. The zero-order valence-electron chi connectivity index (χ0n) is 9.77. The summed E-state index contributed by atoms with van der Waals surface area (Å²) < 4.78 is 0. The van der Waals surface area contributed by atoms with Crippen LogP contribution in [0, 0.1) is 0 Å². The SMILES string of the molecule is Bc1ccc(NC(=O)c2ccccc2Cl)nc1N. The van der Waals surface area contributed by atoms with E-state index in [1.807, 2.05) is 7.85 Å². The van der Waals surface area contributed by atoms with Crippen LogP contribution in [0.3, 0.4) is 0 Å². The number of rotatable bonds is 2. The lowest BCUT2D eigenvalue weighted by atomic mass is 9.97. The second-order valence-corrected chi connectivity index (χ2v) is 4.24. The van der Waals surface area contributed by atoms with Gasteiger partial charge in [0.1, 0.15) is 19.5 Å². The third kappa shape index (κ3) is 2.63. The Kier molecular flexibility index (Phi) is 3.53. The molecule has 1 aromatic carbocycles. The van der Waals surface area contributed by atoms with Crippen LogP contribution in [0.5, 0.6) is 0 Å². The number of anilines is 2. The highest BCUT2D eigenvalue weighted by molar-refractivity contribution is 6.35. The molecule has 2 rings (SSSR count). The summed E-state index contributed by atoms with van der Waals surface area (Å²) in [6.45, 7) is 0. The first-order valence-corrected chi connectivity index (χ1v) is 5.74. The average Bonchev–Trinajstić information content (AvgIpc) is 2.34. The lowest BCUT2D eigenvalue weighted by molar-refractivity contribution is 0.102. The van der Waals surface area contributed by atoms with Gasteiger partial charge in [0.05, 0.1) is 10.6 Å². The molecule has 1 amide bonds. The first-order chi connectivity index (χ1) is 8.58. The van der Waals surface area contributed by atoms with Gasteiger partial charge in [-0.2, -0.15) is 0 Å². The molecule has 0 saturated heterocycles. The quantitative estimate of drug-likeness (QED) is 0.785. The van der Waals surface area contributed by atoms with E-state index in [9.17, 15) is 4.79 Å². The molecule has 2 aromatic rings. The van der Waals surface area contributed by atoms with Gasteiger partial charge in [-0.1, -0.05) is 29.8 Å². The van der Waals surface area contributed by atoms with Crippen molar-refractivity contribution in [3.05, 3.63) is 47.0 Å². The van der Waals surface area contributed by atoms with Crippen LogP contribution >= 0.6 is 11.6 Å². The van der Waals surface area contributed by atoms with Crippen LogP contribution in [0.15, 0.2) is 36.4 Å². The van der Waals surface area contributed by atoms with Crippen molar-refractivity contribution in [2.24, 2.45) is 0 Å². The van der Waals surface area contributed by atoms with Gasteiger partial charge >= 0.3 is 0 Å². The number of pyridine rings is 1. The number of amides is 1. The molecule has 0 bridgehead atoms. The van der Waals surface area contributed by atoms with Crippen molar-refractivity contribution in [2.45, 2.75) is 0 Å². The first-order valence-electron chi connectivity index (χ1n) is 5.37. The van der Waals surface area contributed by atoms with Gasteiger partial charge in [-0.25, -0.2) is 4.98 Å². The van der Waals surface area contributed by atoms with E-state index in [4.69, 9.17) is 17.3 Å². The van der Waals surface area contributed by atoms with E-state index in [2.05, 4.69) is 10.3 Å². The molecule has 90 valence electrons. The normalized spacial score (nSPS) is 10.1. The van der Waals surface area contributed by atoms with Gasteiger partial charge in [-0.3, -0.25) is 4.79 Å². The molecule has 0 fully saturated rings. The zero-order chi connectivity index (χ0) is 13.1. The molecule has 0 radical (unpaired) electrons. The smallest absolute Gasteiger partial charge is 0.258 e. The number of carbonyl (C=O) groups excluding carboxylic acids is 1. The van der Waals surface area contributed by atoms with Gasteiger partial charge < -0.3 is 11.1 Å². The first kappa shape index (κ1) is 12.5. The number of nitrogens with zero attached hydrogens (tertiary/aromatic N) is 1. The Hall–Kier alpha value is -2.01. The number of hydrogen-bond acceptors (Lipinski definition) is 3.